The van der Waals surface area contributed by atoms with Crippen LogP contribution >= 0.6 is 22.6 Å². The van der Waals surface area contributed by atoms with Crippen LogP contribution in [0.3, 0.4) is 0 Å². The minimum absolute atomic E-state index is 0.125. The molecule has 0 fully saturated rings. The van der Waals surface area contributed by atoms with E-state index >= 15 is 0 Å². The van der Waals surface area contributed by atoms with E-state index in [0.717, 1.165) is 5.56 Å². The molecule has 0 heterocycles. The summed E-state index contributed by atoms with van der Waals surface area (Å²) in [6, 6.07) is 18.5. The highest BCUT2D eigenvalue weighted by Gasteiger charge is 2.17. The Labute approximate surface area is 206 Å². The molecule has 0 aliphatic carbocycles. The zero-order valence-electron chi connectivity index (χ0n) is 17.4. The first kappa shape index (κ1) is 24.7. The van der Waals surface area contributed by atoms with Crippen molar-refractivity contribution in [2.24, 2.45) is 11.6 Å². The summed E-state index contributed by atoms with van der Waals surface area (Å²) in [5, 5.41) is 10.1. The van der Waals surface area contributed by atoms with Gasteiger partial charge in [-0.15, -0.1) is 0 Å². The maximum atomic E-state index is 14.9. The van der Waals surface area contributed by atoms with Crippen molar-refractivity contribution in [3.63, 3.8) is 0 Å². The molecule has 1 atom stereocenters. The van der Waals surface area contributed by atoms with Gasteiger partial charge in [-0.2, -0.15) is 10.2 Å². The van der Waals surface area contributed by atoms with E-state index in [0.29, 0.717) is 30.8 Å². The number of carbonyl (C=O) groups excluding carboxylic acids is 1. The van der Waals surface area contributed by atoms with Gasteiger partial charge < -0.3 is 11.1 Å². The third kappa shape index (κ3) is 5.71. The first-order valence-corrected chi connectivity index (χ1v) is 11.7. The molecule has 7 nitrogen and oxygen atoms in total. The molecule has 0 bridgehead atoms. The Hall–Kier alpha value is -2.93. The average Bonchev–Trinajstić information content (AvgIpc) is 2.83. The minimum atomic E-state index is -1.83. The number of benzene rings is 3. The van der Waals surface area contributed by atoms with Crippen LogP contribution < -0.4 is 16.9 Å². The molecule has 170 valence electrons. The van der Waals surface area contributed by atoms with Crippen LogP contribution in [0.25, 0.3) is 16.7 Å². The number of nitrogen functional groups attached to an aromatic ring is 1. The largest absolute Gasteiger partial charge is 0.384 e. The summed E-state index contributed by atoms with van der Waals surface area (Å²) < 4.78 is 32.0. The maximum Gasteiger partial charge on any atom is 0.284 e. The highest BCUT2D eigenvalue weighted by molar-refractivity contribution is 14.1. The van der Waals surface area contributed by atoms with E-state index in [9.17, 15) is 13.4 Å². The van der Waals surface area contributed by atoms with Crippen LogP contribution in [0.2, 0.25) is 0 Å². The predicted molar refractivity (Wildman–Crippen MR) is 136 cm³/mol. The van der Waals surface area contributed by atoms with Crippen molar-refractivity contribution < 1.29 is 17.7 Å². The quantitative estimate of drug-likeness (QED) is 0.108. The highest BCUT2D eigenvalue weighted by atomic mass is 127. The molecule has 0 spiro atoms. The molecule has 3 aromatic rings. The van der Waals surface area contributed by atoms with Crippen LogP contribution in [-0.2, 0) is 20.2 Å². The molecule has 1 unspecified atom stereocenters. The Morgan fingerprint density at radius 3 is 2.45 bits per heavy atom. The first-order chi connectivity index (χ1) is 15.7. The number of nitrogens with two attached hydrogens (primary N) is 2. The highest BCUT2D eigenvalue weighted by Crippen LogP contribution is 2.31. The number of allylic oxidation sites excluding steroid dienone is 1. The van der Waals surface area contributed by atoms with Crippen molar-refractivity contribution in [3.8, 4) is 11.1 Å². The molecule has 3 rings (SSSR count). The standard InChI is InChI=1S/C23H20FIN4O3S/c1-13(14-5-4-6-16(11-14)22(26)27)21(24)23(30)29-19-10-9-15(12-18(19)25)17-7-2-3-8-20(17)33(31)32-28/h2-12H,28H2,1H3,(H3,26,27)(H,29,30)/b21-13+. The molecular weight excluding hydrogens is 558 g/mol. The molecule has 0 aromatic heterocycles. The van der Waals surface area contributed by atoms with E-state index in [2.05, 4.69) is 9.60 Å². The zero-order valence-corrected chi connectivity index (χ0v) is 20.4. The Morgan fingerprint density at radius 1 is 1.09 bits per heavy atom. The van der Waals surface area contributed by atoms with Gasteiger partial charge in [0.25, 0.3) is 5.91 Å². The summed E-state index contributed by atoms with van der Waals surface area (Å²) in [5.41, 5.74) is 8.30. The molecule has 0 aliphatic heterocycles. The first-order valence-electron chi connectivity index (χ1n) is 9.53. The van der Waals surface area contributed by atoms with Crippen LogP contribution in [0.1, 0.15) is 18.1 Å². The normalized spacial score (nSPS) is 12.6. The zero-order chi connectivity index (χ0) is 24.1. The van der Waals surface area contributed by atoms with Crippen LogP contribution in [0.15, 0.2) is 77.5 Å². The molecular formula is C23H20FIN4O3S. The number of rotatable bonds is 7. The number of amides is 1. The SMILES string of the molecule is C/C(=C(\F)C(=O)Nc1ccc(-c2ccccc2S(=O)ON)cc1I)c1cccc(C(=N)N)c1. The summed E-state index contributed by atoms with van der Waals surface area (Å²) in [6.07, 6.45) is 0. The number of anilines is 1. The van der Waals surface area contributed by atoms with E-state index < -0.39 is 22.8 Å². The molecule has 0 saturated carbocycles. The lowest BCUT2D eigenvalue weighted by Crippen LogP contribution is -2.14. The van der Waals surface area contributed by atoms with E-state index in [1.165, 1.54) is 6.92 Å². The number of hydrogen-bond acceptors (Lipinski definition) is 5. The lowest BCUT2D eigenvalue weighted by Gasteiger charge is -2.12. The Morgan fingerprint density at radius 2 is 1.79 bits per heavy atom. The van der Waals surface area contributed by atoms with Crippen molar-refractivity contribution in [2.45, 2.75) is 11.8 Å². The second-order valence-corrected chi connectivity index (χ2v) is 9.17. The van der Waals surface area contributed by atoms with Crippen molar-refractivity contribution in [1.29, 1.82) is 5.41 Å². The summed E-state index contributed by atoms with van der Waals surface area (Å²) in [7, 11) is 0. The fraction of sp³-hybridized carbons (Fsp3) is 0.0435. The fourth-order valence-corrected chi connectivity index (χ4v) is 4.39. The Kier molecular flexibility index (Phi) is 8.08. The van der Waals surface area contributed by atoms with Crippen molar-refractivity contribution in [3.05, 3.63) is 87.3 Å². The maximum absolute atomic E-state index is 14.9. The molecule has 0 saturated heterocycles. The van der Waals surface area contributed by atoms with Crippen LogP contribution in [0.4, 0.5) is 10.1 Å². The third-order valence-electron chi connectivity index (χ3n) is 4.82. The van der Waals surface area contributed by atoms with E-state index in [4.69, 9.17) is 17.0 Å². The van der Waals surface area contributed by atoms with Gasteiger partial charge in [-0.3, -0.25) is 10.2 Å². The van der Waals surface area contributed by atoms with Gasteiger partial charge in [0.05, 0.1) is 10.6 Å². The summed E-state index contributed by atoms with van der Waals surface area (Å²) >= 11 is 0.197. The molecule has 6 N–H and O–H groups in total. The molecule has 0 radical (unpaired) electrons. The van der Waals surface area contributed by atoms with Gasteiger partial charge in [0.2, 0.25) is 11.1 Å². The van der Waals surface area contributed by atoms with Crippen molar-refractivity contribution >= 4 is 56.7 Å². The molecule has 3 aromatic carbocycles. The third-order valence-corrected chi connectivity index (χ3v) is 6.60. The average molecular weight is 578 g/mol. The second-order valence-electron chi connectivity index (χ2n) is 6.91. The summed E-state index contributed by atoms with van der Waals surface area (Å²) in [5.74, 6) is 3.08. The molecule has 10 heteroatoms. The van der Waals surface area contributed by atoms with Gasteiger partial charge in [-0.05, 0) is 70.5 Å². The number of amidine groups is 1. The van der Waals surface area contributed by atoms with Gasteiger partial charge >= 0.3 is 0 Å². The number of carbonyl (C=O) groups is 1. The van der Waals surface area contributed by atoms with Gasteiger partial charge in [-0.1, -0.05) is 42.5 Å². The topological polar surface area (TPSA) is 131 Å². The molecule has 0 aliphatic rings. The van der Waals surface area contributed by atoms with Crippen LogP contribution in [-0.4, -0.2) is 16.0 Å². The number of halogens is 2. The summed E-state index contributed by atoms with van der Waals surface area (Å²) in [4.78, 5) is 13.0. The van der Waals surface area contributed by atoms with Crippen molar-refractivity contribution in [2.75, 3.05) is 5.32 Å². The second kappa shape index (κ2) is 10.8. The number of nitrogens with one attached hydrogen (secondary N) is 2. The van der Waals surface area contributed by atoms with E-state index in [1.54, 1.807) is 66.7 Å². The minimum Gasteiger partial charge on any atom is -0.384 e. The van der Waals surface area contributed by atoms with Crippen LogP contribution in [0, 0.1) is 8.98 Å². The van der Waals surface area contributed by atoms with Gasteiger partial charge in [0.1, 0.15) is 5.84 Å². The summed E-state index contributed by atoms with van der Waals surface area (Å²) in [6.45, 7) is 1.48. The van der Waals surface area contributed by atoms with E-state index in [1.807, 2.05) is 22.6 Å². The smallest absolute Gasteiger partial charge is 0.284 e. The Balaban J connectivity index is 1.87. The lowest BCUT2D eigenvalue weighted by molar-refractivity contribution is -0.114. The number of hydrogen-bond donors (Lipinski definition) is 4. The van der Waals surface area contributed by atoms with Gasteiger partial charge in [0.15, 0.2) is 5.83 Å². The van der Waals surface area contributed by atoms with Gasteiger partial charge in [0, 0.05) is 14.7 Å². The monoisotopic (exact) mass is 578 g/mol. The Bertz CT molecular complexity index is 1300. The lowest BCUT2D eigenvalue weighted by atomic mass is 10.0. The van der Waals surface area contributed by atoms with Gasteiger partial charge in [-0.25, -0.2) is 8.60 Å². The fourth-order valence-electron chi connectivity index (χ4n) is 3.08. The van der Waals surface area contributed by atoms with Crippen molar-refractivity contribution in [1.82, 2.24) is 0 Å². The van der Waals surface area contributed by atoms with E-state index in [-0.39, 0.29) is 11.4 Å². The van der Waals surface area contributed by atoms with Crippen LogP contribution in [0.5, 0.6) is 0 Å². The molecule has 33 heavy (non-hydrogen) atoms. The predicted octanol–water partition coefficient (Wildman–Crippen LogP) is 4.49. The molecule has 1 amide bonds.